The maximum absolute atomic E-state index is 9.78. The van der Waals surface area contributed by atoms with Crippen LogP contribution >= 0.6 is 15.9 Å². The molecule has 140 valence electrons. The van der Waals surface area contributed by atoms with E-state index in [1.807, 2.05) is 26.0 Å². The van der Waals surface area contributed by atoms with E-state index in [-0.39, 0.29) is 6.04 Å². The molecule has 1 aliphatic rings. The summed E-state index contributed by atoms with van der Waals surface area (Å²) in [5, 5.41) is 22.2. The summed E-state index contributed by atoms with van der Waals surface area (Å²) in [4.78, 5) is 7.14. The lowest BCUT2D eigenvalue weighted by Gasteiger charge is -2.35. The number of halogens is 1. The second-order valence-electron chi connectivity index (χ2n) is 7.23. The summed E-state index contributed by atoms with van der Waals surface area (Å²) in [6, 6.07) is 6.46. The van der Waals surface area contributed by atoms with Crippen molar-refractivity contribution < 1.29 is 4.74 Å². The van der Waals surface area contributed by atoms with Crippen molar-refractivity contribution in [1.29, 1.82) is 5.26 Å². The standard InChI is InChI=1S/C18H20BrN7O/c1-11-9-27-7-6-25(11)14-8-12(18(2,3)10-20)15-16(19)24-26(17(15)22-14)13-4-5-21-23-13/h4-5,8,11H,6-7,9H2,1-3H3,(H,21,23)/t11-/m1/s1. The van der Waals surface area contributed by atoms with Gasteiger partial charge in [0, 0.05) is 12.6 Å². The number of anilines is 1. The minimum Gasteiger partial charge on any atom is -0.377 e. The van der Waals surface area contributed by atoms with Gasteiger partial charge in [0.1, 0.15) is 10.4 Å². The number of morpholine rings is 1. The van der Waals surface area contributed by atoms with Gasteiger partial charge in [0.2, 0.25) is 0 Å². The van der Waals surface area contributed by atoms with Gasteiger partial charge in [-0.2, -0.15) is 20.1 Å². The molecule has 27 heavy (non-hydrogen) atoms. The van der Waals surface area contributed by atoms with Gasteiger partial charge in [0.05, 0.1) is 42.3 Å². The minimum atomic E-state index is -0.699. The molecule has 4 heterocycles. The highest BCUT2D eigenvalue weighted by Crippen LogP contribution is 2.37. The van der Waals surface area contributed by atoms with E-state index >= 15 is 0 Å². The molecule has 0 bridgehead atoms. The quantitative estimate of drug-likeness (QED) is 0.687. The first kappa shape index (κ1) is 17.9. The lowest BCUT2D eigenvalue weighted by atomic mass is 9.85. The van der Waals surface area contributed by atoms with Gasteiger partial charge in [0.15, 0.2) is 11.5 Å². The Morgan fingerprint density at radius 1 is 1.44 bits per heavy atom. The van der Waals surface area contributed by atoms with Crippen LogP contribution in [-0.4, -0.2) is 50.8 Å². The van der Waals surface area contributed by atoms with Gasteiger partial charge in [-0.25, -0.2) is 4.98 Å². The molecule has 1 fully saturated rings. The van der Waals surface area contributed by atoms with Crippen molar-refractivity contribution in [2.45, 2.75) is 32.2 Å². The van der Waals surface area contributed by atoms with E-state index in [1.54, 1.807) is 10.9 Å². The highest BCUT2D eigenvalue weighted by Gasteiger charge is 2.30. The first-order valence-corrected chi connectivity index (χ1v) is 9.57. The van der Waals surface area contributed by atoms with Crippen molar-refractivity contribution in [3.05, 3.63) is 28.5 Å². The molecule has 0 spiro atoms. The third kappa shape index (κ3) is 2.99. The summed E-state index contributed by atoms with van der Waals surface area (Å²) in [6.45, 7) is 8.00. The van der Waals surface area contributed by atoms with Crippen LogP contribution in [-0.2, 0) is 10.2 Å². The summed E-state index contributed by atoms with van der Waals surface area (Å²) in [5.41, 5.74) is 0.873. The Bertz CT molecular complexity index is 1020. The summed E-state index contributed by atoms with van der Waals surface area (Å²) in [7, 11) is 0. The van der Waals surface area contributed by atoms with Crippen molar-refractivity contribution in [1.82, 2.24) is 25.0 Å². The molecule has 0 saturated carbocycles. The Hall–Kier alpha value is -2.44. The number of fused-ring (bicyclic) bond motifs is 1. The maximum atomic E-state index is 9.78. The van der Waals surface area contributed by atoms with Crippen LogP contribution < -0.4 is 4.90 Å². The molecule has 0 amide bonds. The molecule has 1 aliphatic heterocycles. The van der Waals surface area contributed by atoms with Crippen LogP contribution in [0.25, 0.3) is 16.9 Å². The SMILES string of the molecule is C[C@@H]1COCCN1c1cc(C(C)(C)C#N)c2c(Br)nn(-c3ccn[nH]3)c2n1. The number of aromatic nitrogens is 5. The Morgan fingerprint density at radius 3 is 2.93 bits per heavy atom. The van der Waals surface area contributed by atoms with Gasteiger partial charge in [-0.1, -0.05) is 0 Å². The van der Waals surface area contributed by atoms with Crippen LogP contribution in [0.1, 0.15) is 26.3 Å². The van der Waals surface area contributed by atoms with E-state index in [0.29, 0.717) is 29.3 Å². The van der Waals surface area contributed by atoms with Crippen LogP contribution in [0.3, 0.4) is 0 Å². The molecular formula is C18H20BrN7O. The molecule has 0 radical (unpaired) electrons. The van der Waals surface area contributed by atoms with E-state index in [1.165, 1.54) is 0 Å². The number of nitrogens with zero attached hydrogens (tertiary/aromatic N) is 6. The zero-order valence-corrected chi connectivity index (χ0v) is 17.0. The normalized spacial score (nSPS) is 18.0. The monoisotopic (exact) mass is 429 g/mol. The van der Waals surface area contributed by atoms with E-state index in [4.69, 9.17) is 9.72 Å². The molecule has 9 heteroatoms. The number of pyridine rings is 1. The summed E-state index contributed by atoms with van der Waals surface area (Å²) >= 11 is 3.56. The topological polar surface area (TPSA) is 95.6 Å². The van der Waals surface area contributed by atoms with E-state index < -0.39 is 5.41 Å². The molecule has 3 aromatic heterocycles. The average Bonchev–Trinajstić information content (AvgIpc) is 3.29. The molecular weight excluding hydrogens is 410 g/mol. The smallest absolute Gasteiger partial charge is 0.168 e. The highest BCUT2D eigenvalue weighted by molar-refractivity contribution is 9.10. The van der Waals surface area contributed by atoms with Gasteiger partial charge in [-0.05, 0) is 48.3 Å². The zero-order chi connectivity index (χ0) is 19.2. The number of nitriles is 1. The minimum absolute atomic E-state index is 0.203. The fraction of sp³-hybridized carbons (Fsp3) is 0.444. The highest BCUT2D eigenvalue weighted by atomic mass is 79.9. The van der Waals surface area contributed by atoms with Crippen molar-refractivity contribution in [3.8, 4) is 11.9 Å². The van der Waals surface area contributed by atoms with Gasteiger partial charge in [0.25, 0.3) is 0 Å². The van der Waals surface area contributed by atoms with Crippen LogP contribution in [0.2, 0.25) is 0 Å². The zero-order valence-electron chi connectivity index (χ0n) is 15.4. The van der Waals surface area contributed by atoms with Crippen molar-refractivity contribution in [3.63, 3.8) is 0 Å². The third-order valence-electron chi connectivity index (χ3n) is 4.91. The van der Waals surface area contributed by atoms with Crippen molar-refractivity contribution in [2.75, 3.05) is 24.7 Å². The van der Waals surface area contributed by atoms with E-state index in [2.05, 4.69) is 49.1 Å². The molecule has 3 aromatic rings. The van der Waals surface area contributed by atoms with E-state index in [9.17, 15) is 5.26 Å². The second kappa shape index (κ2) is 6.62. The van der Waals surface area contributed by atoms with Gasteiger partial charge in [-0.15, -0.1) is 0 Å². The number of ether oxygens (including phenoxy) is 1. The fourth-order valence-electron chi connectivity index (χ4n) is 3.36. The predicted molar refractivity (Wildman–Crippen MR) is 105 cm³/mol. The number of rotatable bonds is 3. The van der Waals surface area contributed by atoms with Crippen LogP contribution in [0.4, 0.5) is 5.82 Å². The third-order valence-corrected chi connectivity index (χ3v) is 5.47. The lowest BCUT2D eigenvalue weighted by Crippen LogP contribution is -2.44. The molecule has 0 aromatic carbocycles. The Balaban J connectivity index is 2.01. The lowest BCUT2D eigenvalue weighted by molar-refractivity contribution is 0.0985. The largest absolute Gasteiger partial charge is 0.377 e. The molecule has 1 N–H and O–H groups in total. The number of H-pyrrole nitrogens is 1. The molecule has 1 saturated heterocycles. The summed E-state index contributed by atoms with van der Waals surface area (Å²) in [5.74, 6) is 1.54. The van der Waals surface area contributed by atoms with Gasteiger partial charge in [-0.3, -0.25) is 5.10 Å². The van der Waals surface area contributed by atoms with Crippen LogP contribution in [0, 0.1) is 11.3 Å². The van der Waals surface area contributed by atoms with Gasteiger partial charge < -0.3 is 9.64 Å². The van der Waals surface area contributed by atoms with E-state index in [0.717, 1.165) is 23.3 Å². The van der Waals surface area contributed by atoms with Crippen molar-refractivity contribution >= 4 is 32.8 Å². The Kier molecular flexibility index (Phi) is 4.40. The van der Waals surface area contributed by atoms with Crippen LogP contribution in [0.5, 0.6) is 0 Å². The average molecular weight is 430 g/mol. The van der Waals surface area contributed by atoms with Crippen molar-refractivity contribution in [2.24, 2.45) is 0 Å². The first-order valence-electron chi connectivity index (χ1n) is 8.77. The maximum Gasteiger partial charge on any atom is 0.168 e. The molecule has 0 unspecified atom stereocenters. The second-order valence-corrected chi connectivity index (χ2v) is 7.98. The Labute approximate surface area is 165 Å². The number of hydrogen-bond donors (Lipinski definition) is 1. The molecule has 8 nitrogen and oxygen atoms in total. The van der Waals surface area contributed by atoms with Crippen LogP contribution in [0.15, 0.2) is 22.9 Å². The fourth-order valence-corrected chi connectivity index (χ4v) is 3.91. The number of hydrogen-bond acceptors (Lipinski definition) is 6. The molecule has 1 atom stereocenters. The number of nitrogens with one attached hydrogen (secondary N) is 1. The van der Waals surface area contributed by atoms with Gasteiger partial charge >= 0.3 is 0 Å². The Morgan fingerprint density at radius 2 is 2.26 bits per heavy atom. The first-order chi connectivity index (χ1) is 12.9. The predicted octanol–water partition coefficient (Wildman–Crippen LogP) is 2.93. The summed E-state index contributed by atoms with van der Waals surface area (Å²) < 4.78 is 7.94. The number of aromatic amines is 1. The molecule has 4 rings (SSSR count). The summed E-state index contributed by atoms with van der Waals surface area (Å²) in [6.07, 6.45) is 1.67. The molecule has 0 aliphatic carbocycles.